The summed E-state index contributed by atoms with van der Waals surface area (Å²) in [6.45, 7) is 4.97. The number of hydrogen-bond acceptors (Lipinski definition) is 4. The number of halogens is 1. The van der Waals surface area contributed by atoms with Gasteiger partial charge in [-0.2, -0.15) is 0 Å². The van der Waals surface area contributed by atoms with Crippen molar-refractivity contribution in [1.29, 1.82) is 0 Å². The molecule has 2 rings (SSSR count). The van der Waals surface area contributed by atoms with Gasteiger partial charge in [-0.3, -0.25) is 0 Å². The summed E-state index contributed by atoms with van der Waals surface area (Å²) in [5.41, 5.74) is 1.05. The molecule has 0 spiro atoms. The topological polar surface area (TPSA) is 37.8 Å². The quantitative estimate of drug-likeness (QED) is 0.912. The van der Waals surface area contributed by atoms with Crippen molar-refractivity contribution < 1.29 is 0 Å². The lowest BCUT2D eigenvalue weighted by Crippen LogP contribution is -2.02. The van der Waals surface area contributed by atoms with Crippen LogP contribution in [0.15, 0.2) is 24.5 Å². The van der Waals surface area contributed by atoms with Gasteiger partial charge in [0, 0.05) is 16.6 Å². The van der Waals surface area contributed by atoms with Gasteiger partial charge >= 0.3 is 0 Å². The van der Waals surface area contributed by atoms with E-state index in [1.54, 1.807) is 17.7 Å². The number of rotatable bonds is 4. The van der Waals surface area contributed by atoms with Crippen LogP contribution in [0.5, 0.6) is 0 Å². The molecule has 17 heavy (non-hydrogen) atoms. The molecule has 5 heteroatoms. The Morgan fingerprint density at radius 1 is 1.35 bits per heavy atom. The Bertz CT molecular complexity index is 496. The Labute approximate surface area is 110 Å². The van der Waals surface area contributed by atoms with Crippen molar-refractivity contribution in [3.63, 3.8) is 0 Å². The van der Waals surface area contributed by atoms with E-state index in [9.17, 15) is 0 Å². The highest BCUT2D eigenvalue weighted by Crippen LogP contribution is 2.22. The molecule has 0 atom stereocenters. The van der Waals surface area contributed by atoms with Crippen molar-refractivity contribution in [2.24, 2.45) is 0 Å². The minimum atomic E-state index is 0.412. The van der Waals surface area contributed by atoms with E-state index in [-0.39, 0.29) is 0 Å². The molecule has 0 saturated carbocycles. The lowest BCUT2D eigenvalue weighted by molar-refractivity contribution is 0.814. The van der Waals surface area contributed by atoms with Crippen LogP contribution < -0.4 is 5.32 Å². The Hall–Kier alpha value is -1.13. The van der Waals surface area contributed by atoms with Crippen LogP contribution in [0.1, 0.15) is 30.3 Å². The molecule has 0 aliphatic rings. The molecule has 0 aliphatic carbocycles. The molecule has 0 aromatic carbocycles. The standard InChI is InChI=1S/C12H14ClN3S/c1-8(2)10-5-12(16-7-15-10)14-6-9-3-4-11(13)17-9/h3-5,7-8H,6H2,1-2H3,(H,14,15,16). The summed E-state index contributed by atoms with van der Waals surface area (Å²) in [7, 11) is 0. The average molecular weight is 268 g/mol. The van der Waals surface area contributed by atoms with Crippen LogP contribution in [0, 0.1) is 0 Å². The Balaban J connectivity index is 2.01. The Morgan fingerprint density at radius 2 is 2.18 bits per heavy atom. The van der Waals surface area contributed by atoms with Gasteiger partial charge in [-0.25, -0.2) is 9.97 Å². The minimum absolute atomic E-state index is 0.412. The first kappa shape index (κ1) is 12.3. The molecular weight excluding hydrogens is 254 g/mol. The second-order valence-electron chi connectivity index (χ2n) is 4.04. The fraction of sp³-hybridized carbons (Fsp3) is 0.333. The van der Waals surface area contributed by atoms with E-state index < -0.39 is 0 Å². The molecule has 0 aliphatic heterocycles. The molecule has 0 amide bonds. The van der Waals surface area contributed by atoms with Crippen molar-refractivity contribution >= 4 is 28.8 Å². The van der Waals surface area contributed by atoms with Crippen molar-refractivity contribution in [3.05, 3.63) is 39.4 Å². The molecule has 3 nitrogen and oxygen atoms in total. The molecule has 2 aromatic rings. The van der Waals surface area contributed by atoms with Crippen molar-refractivity contribution in [3.8, 4) is 0 Å². The van der Waals surface area contributed by atoms with Gasteiger partial charge in [-0.15, -0.1) is 11.3 Å². The van der Waals surface area contributed by atoms with E-state index in [0.29, 0.717) is 5.92 Å². The third-order valence-electron chi connectivity index (χ3n) is 2.35. The first-order chi connectivity index (χ1) is 8.15. The van der Waals surface area contributed by atoms with Crippen molar-refractivity contribution in [2.45, 2.75) is 26.3 Å². The second kappa shape index (κ2) is 5.47. The average Bonchev–Trinajstić information content (AvgIpc) is 2.73. The SMILES string of the molecule is CC(C)c1cc(NCc2ccc(Cl)s2)ncn1. The van der Waals surface area contributed by atoms with Crippen LogP contribution in [0.3, 0.4) is 0 Å². The van der Waals surface area contributed by atoms with E-state index in [2.05, 4.69) is 29.1 Å². The Morgan fingerprint density at radius 3 is 2.82 bits per heavy atom. The van der Waals surface area contributed by atoms with Gasteiger partial charge in [-0.1, -0.05) is 25.4 Å². The van der Waals surface area contributed by atoms with Crippen LogP contribution in [-0.2, 0) is 6.54 Å². The van der Waals surface area contributed by atoms with Gasteiger partial charge in [0.25, 0.3) is 0 Å². The first-order valence-electron chi connectivity index (χ1n) is 5.45. The summed E-state index contributed by atoms with van der Waals surface area (Å²) in [5.74, 6) is 1.27. The normalized spacial score (nSPS) is 10.8. The van der Waals surface area contributed by atoms with Gasteiger partial charge in [0.15, 0.2) is 0 Å². The van der Waals surface area contributed by atoms with E-state index in [0.717, 1.165) is 22.4 Å². The monoisotopic (exact) mass is 267 g/mol. The zero-order chi connectivity index (χ0) is 12.3. The highest BCUT2D eigenvalue weighted by Gasteiger charge is 2.03. The number of aromatic nitrogens is 2. The lowest BCUT2D eigenvalue weighted by atomic mass is 10.1. The van der Waals surface area contributed by atoms with Crippen molar-refractivity contribution in [1.82, 2.24) is 9.97 Å². The maximum absolute atomic E-state index is 5.87. The molecular formula is C12H14ClN3S. The summed E-state index contributed by atoms with van der Waals surface area (Å²) in [6, 6.07) is 5.91. The van der Waals surface area contributed by atoms with Gasteiger partial charge in [0.05, 0.1) is 10.9 Å². The van der Waals surface area contributed by atoms with E-state index >= 15 is 0 Å². The first-order valence-corrected chi connectivity index (χ1v) is 6.64. The molecule has 2 aromatic heterocycles. The minimum Gasteiger partial charge on any atom is -0.365 e. The highest BCUT2D eigenvalue weighted by molar-refractivity contribution is 7.16. The third kappa shape index (κ3) is 3.41. The molecule has 90 valence electrons. The fourth-order valence-electron chi connectivity index (χ4n) is 1.41. The number of nitrogens with one attached hydrogen (secondary N) is 1. The molecule has 0 radical (unpaired) electrons. The van der Waals surface area contributed by atoms with Crippen LogP contribution in [0.2, 0.25) is 4.34 Å². The third-order valence-corrected chi connectivity index (χ3v) is 3.58. The molecule has 0 fully saturated rings. The van der Waals surface area contributed by atoms with Gasteiger partial charge in [-0.05, 0) is 18.1 Å². The number of anilines is 1. The van der Waals surface area contributed by atoms with Crippen LogP contribution in [0.4, 0.5) is 5.82 Å². The smallest absolute Gasteiger partial charge is 0.129 e. The molecule has 0 unspecified atom stereocenters. The largest absolute Gasteiger partial charge is 0.365 e. The van der Waals surface area contributed by atoms with Crippen LogP contribution >= 0.6 is 22.9 Å². The van der Waals surface area contributed by atoms with Crippen LogP contribution in [-0.4, -0.2) is 9.97 Å². The predicted molar refractivity (Wildman–Crippen MR) is 72.8 cm³/mol. The molecule has 0 bridgehead atoms. The fourth-order valence-corrected chi connectivity index (χ4v) is 2.44. The molecule has 2 heterocycles. The molecule has 1 N–H and O–H groups in total. The maximum Gasteiger partial charge on any atom is 0.129 e. The lowest BCUT2D eigenvalue weighted by Gasteiger charge is -2.07. The summed E-state index contributed by atoms with van der Waals surface area (Å²) in [6.07, 6.45) is 1.60. The number of nitrogens with zero attached hydrogens (tertiary/aromatic N) is 2. The summed E-state index contributed by atoms with van der Waals surface area (Å²) >= 11 is 7.45. The predicted octanol–water partition coefficient (Wildman–Crippen LogP) is 3.93. The summed E-state index contributed by atoms with van der Waals surface area (Å²) in [5, 5.41) is 3.27. The van der Waals surface area contributed by atoms with E-state index in [1.807, 2.05) is 18.2 Å². The summed E-state index contributed by atoms with van der Waals surface area (Å²) in [4.78, 5) is 9.62. The van der Waals surface area contributed by atoms with Gasteiger partial charge in [0.2, 0.25) is 0 Å². The van der Waals surface area contributed by atoms with E-state index in [1.165, 1.54) is 4.88 Å². The summed E-state index contributed by atoms with van der Waals surface area (Å²) < 4.78 is 0.812. The molecule has 0 saturated heterocycles. The maximum atomic E-state index is 5.87. The highest BCUT2D eigenvalue weighted by atomic mass is 35.5. The second-order valence-corrected chi connectivity index (χ2v) is 5.84. The van der Waals surface area contributed by atoms with E-state index in [4.69, 9.17) is 11.6 Å². The zero-order valence-corrected chi connectivity index (χ0v) is 11.3. The van der Waals surface area contributed by atoms with Crippen LogP contribution in [0.25, 0.3) is 0 Å². The van der Waals surface area contributed by atoms with Crippen molar-refractivity contribution in [2.75, 3.05) is 5.32 Å². The Kier molecular flexibility index (Phi) is 3.97. The number of hydrogen-bond donors (Lipinski definition) is 1. The van der Waals surface area contributed by atoms with Gasteiger partial charge in [0.1, 0.15) is 12.1 Å². The zero-order valence-electron chi connectivity index (χ0n) is 9.77. The van der Waals surface area contributed by atoms with Gasteiger partial charge < -0.3 is 5.32 Å². The number of thiophene rings is 1.